The minimum atomic E-state index is -0.505. The van der Waals surface area contributed by atoms with Crippen LogP contribution in [0.25, 0.3) is 5.57 Å². The molecule has 0 aliphatic carbocycles. The van der Waals surface area contributed by atoms with Gasteiger partial charge in [-0.2, -0.15) is 0 Å². The van der Waals surface area contributed by atoms with Gasteiger partial charge >= 0.3 is 0 Å². The lowest BCUT2D eigenvalue weighted by molar-refractivity contribution is -0.164. The highest BCUT2D eigenvalue weighted by Crippen LogP contribution is 2.39. The quantitative estimate of drug-likeness (QED) is 0.374. The van der Waals surface area contributed by atoms with Crippen LogP contribution in [0, 0.1) is 0 Å². The van der Waals surface area contributed by atoms with E-state index >= 15 is 0 Å². The molecule has 0 atom stereocenters. The second kappa shape index (κ2) is 12.2. The van der Waals surface area contributed by atoms with Crippen molar-refractivity contribution in [2.75, 3.05) is 27.4 Å². The Morgan fingerprint density at radius 1 is 0.941 bits per heavy atom. The summed E-state index contributed by atoms with van der Waals surface area (Å²) in [5, 5.41) is 20.6. The summed E-state index contributed by atoms with van der Waals surface area (Å²) in [6.07, 6.45) is 5.29. The fourth-order valence-electron chi connectivity index (χ4n) is 4.35. The highest BCUT2D eigenvalue weighted by molar-refractivity contribution is 6.33. The van der Waals surface area contributed by atoms with E-state index in [0.717, 1.165) is 42.4 Å². The minimum absolute atomic E-state index is 0.219. The summed E-state index contributed by atoms with van der Waals surface area (Å²) < 4.78 is 22.4. The van der Waals surface area contributed by atoms with Gasteiger partial charge in [0.05, 0.1) is 50.7 Å². The summed E-state index contributed by atoms with van der Waals surface area (Å²) >= 11 is 13.0. The molecule has 0 saturated carbocycles. The standard InChI is InChI=1S/C26H32Cl2O6/c1-4-26(33-9-10-34-26)8-6-5-7-21(17-11-19(15-29)24(31-2)22(27)13-17)18-12-20(16-30)25(32-3)23(28)14-18/h7,11-14,29-30H,4-6,8-10,15-16H2,1-3H3. The van der Waals surface area contributed by atoms with Gasteiger partial charge in [0, 0.05) is 17.5 Å². The van der Waals surface area contributed by atoms with Gasteiger partial charge in [0.15, 0.2) is 5.79 Å². The van der Waals surface area contributed by atoms with Crippen LogP contribution in [0.1, 0.15) is 54.9 Å². The van der Waals surface area contributed by atoms with E-state index in [1.54, 1.807) is 12.1 Å². The molecule has 2 N–H and O–H groups in total. The van der Waals surface area contributed by atoms with E-state index in [-0.39, 0.29) is 13.2 Å². The summed E-state index contributed by atoms with van der Waals surface area (Å²) in [6.45, 7) is 2.87. The van der Waals surface area contributed by atoms with Gasteiger partial charge in [-0.25, -0.2) is 0 Å². The molecule has 6 nitrogen and oxygen atoms in total. The maximum absolute atomic E-state index is 9.88. The number of methoxy groups -OCH3 is 2. The van der Waals surface area contributed by atoms with Gasteiger partial charge in [0.2, 0.25) is 0 Å². The molecule has 1 aliphatic heterocycles. The van der Waals surface area contributed by atoms with Crippen molar-refractivity contribution in [2.24, 2.45) is 0 Å². The fraction of sp³-hybridized carbons (Fsp3) is 0.462. The van der Waals surface area contributed by atoms with Crippen molar-refractivity contribution in [3.63, 3.8) is 0 Å². The molecular weight excluding hydrogens is 479 g/mol. The predicted molar refractivity (Wildman–Crippen MR) is 134 cm³/mol. The van der Waals surface area contributed by atoms with Crippen LogP contribution in [0.2, 0.25) is 10.0 Å². The summed E-state index contributed by atoms with van der Waals surface area (Å²) in [4.78, 5) is 0. The van der Waals surface area contributed by atoms with E-state index in [1.807, 2.05) is 12.1 Å². The molecule has 1 saturated heterocycles. The van der Waals surface area contributed by atoms with E-state index in [0.29, 0.717) is 45.9 Å². The third-order valence-electron chi connectivity index (χ3n) is 6.07. The topological polar surface area (TPSA) is 77.4 Å². The molecule has 1 heterocycles. The lowest BCUT2D eigenvalue weighted by atomic mass is 9.93. The van der Waals surface area contributed by atoms with Gasteiger partial charge < -0.3 is 29.2 Å². The Kier molecular flexibility index (Phi) is 9.65. The third-order valence-corrected chi connectivity index (χ3v) is 6.64. The molecule has 2 aromatic rings. The van der Waals surface area contributed by atoms with Crippen LogP contribution >= 0.6 is 23.2 Å². The highest BCUT2D eigenvalue weighted by atomic mass is 35.5. The van der Waals surface area contributed by atoms with Crippen LogP contribution in [-0.4, -0.2) is 43.4 Å². The first-order chi connectivity index (χ1) is 16.4. The summed E-state index contributed by atoms with van der Waals surface area (Å²) in [5.74, 6) is 0.377. The number of unbranched alkanes of at least 4 members (excludes halogenated alkanes) is 1. The monoisotopic (exact) mass is 510 g/mol. The minimum Gasteiger partial charge on any atom is -0.495 e. The van der Waals surface area contributed by atoms with Gasteiger partial charge in [0.1, 0.15) is 11.5 Å². The van der Waals surface area contributed by atoms with Crippen molar-refractivity contribution in [1.82, 2.24) is 0 Å². The second-order valence-corrected chi connectivity index (χ2v) is 8.90. The van der Waals surface area contributed by atoms with Gasteiger partial charge in [0.25, 0.3) is 0 Å². The molecule has 1 fully saturated rings. The number of hydrogen-bond acceptors (Lipinski definition) is 6. The predicted octanol–water partition coefficient (Wildman–Crippen LogP) is 5.75. The summed E-state index contributed by atoms with van der Waals surface area (Å²) in [5.41, 5.74) is 3.64. The highest BCUT2D eigenvalue weighted by Gasteiger charge is 2.33. The lowest BCUT2D eigenvalue weighted by Gasteiger charge is -2.25. The Hall–Kier alpha value is -1.80. The van der Waals surface area contributed by atoms with Crippen LogP contribution < -0.4 is 9.47 Å². The lowest BCUT2D eigenvalue weighted by Crippen LogP contribution is -2.28. The number of rotatable bonds is 11. The first-order valence-electron chi connectivity index (χ1n) is 11.3. The number of hydrogen-bond donors (Lipinski definition) is 2. The molecule has 2 aromatic carbocycles. The van der Waals surface area contributed by atoms with Crippen LogP contribution in [0.3, 0.4) is 0 Å². The van der Waals surface area contributed by atoms with Crippen molar-refractivity contribution in [3.8, 4) is 11.5 Å². The van der Waals surface area contributed by atoms with E-state index in [4.69, 9.17) is 42.1 Å². The van der Waals surface area contributed by atoms with Crippen LogP contribution in [-0.2, 0) is 22.7 Å². The maximum Gasteiger partial charge on any atom is 0.168 e. The molecule has 34 heavy (non-hydrogen) atoms. The number of ether oxygens (including phenoxy) is 4. The number of allylic oxidation sites excluding steroid dienone is 1. The average Bonchev–Trinajstić information content (AvgIpc) is 3.32. The molecule has 8 heteroatoms. The van der Waals surface area contributed by atoms with Gasteiger partial charge in [-0.05, 0) is 60.2 Å². The summed E-state index contributed by atoms with van der Waals surface area (Å²) in [7, 11) is 3.04. The number of benzene rings is 2. The Morgan fingerprint density at radius 3 is 1.85 bits per heavy atom. The molecular formula is C26H32Cl2O6. The van der Waals surface area contributed by atoms with E-state index < -0.39 is 5.79 Å². The third kappa shape index (κ3) is 5.88. The molecule has 0 amide bonds. The largest absolute Gasteiger partial charge is 0.495 e. The molecule has 0 spiro atoms. The summed E-state index contributed by atoms with van der Waals surface area (Å²) in [6, 6.07) is 7.31. The Balaban J connectivity index is 2.01. The van der Waals surface area contributed by atoms with Crippen LogP contribution in [0.15, 0.2) is 30.3 Å². The zero-order chi connectivity index (χ0) is 24.7. The molecule has 1 aliphatic rings. The second-order valence-electron chi connectivity index (χ2n) is 8.09. The van der Waals surface area contributed by atoms with E-state index in [9.17, 15) is 10.2 Å². The Bertz CT molecular complexity index is 951. The Labute approximate surface area is 211 Å². The molecule has 186 valence electrons. The average molecular weight is 511 g/mol. The van der Waals surface area contributed by atoms with Crippen molar-refractivity contribution < 1.29 is 29.2 Å². The number of aliphatic hydroxyl groups is 2. The van der Waals surface area contributed by atoms with Crippen molar-refractivity contribution in [2.45, 2.75) is 51.6 Å². The maximum atomic E-state index is 9.88. The SMILES string of the molecule is CCC1(CCCC=C(c2cc(Cl)c(OC)c(CO)c2)c2cc(Cl)c(OC)c(CO)c2)OCCO1. The van der Waals surface area contributed by atoms with Crippen LogP contribution in [0.5, 0.6) is 11.5 Å². The first-order valence-corrected chi connectivity index (χ1v) is 12.1. The molecule has 0 unspecified atom stereocenters. The zero-order valence-corrected chi connectivity index (χ0v) is 21.3. The van der Waals surface area contributed by atoms with Crippen molar-refractivity contribution in [3.05, 3.63) is 62.6 Å². The number of halogens is 2. The molecule has 0 bridgehead atoms. The van der Waals surface area contributed by atoms with Crippen molar-refractivity contribution >= 4 is 28.8 Å². The van der Waals surface area contributed by atoms with Crippen LogP contribution in [0.4, 0.5) is 0 Å². The number of aliphatic hydroxyl groups excluding tert-OH is 2. The molecule has 3 rings (SSSR count). The first kappa shape index (κ1) is 26.8. The van der Waals surface area contributed by atoms with E-state index in [2.05, 4.69) is 13.0 Å². The van der Waals surface area contributed by atoms with Gasteiger partial charge in [-0.1, -0.05) is 36.2 Å². The molecule has 0 radical (unpaired) electrons. The normalized spacial score (nSPS) is 14.8. The molecule has 0 aromatic heterocycles. The Morgan fingerprint density at radius 2 is 1.44 bits per heavy atom. The van der Waals surface area contributed by atoms with Crippen molar-refractivity contribution in [1.29, 1.82) is 0 Å². The zero-order valence-electron chi connectivity index (χ0n) is 19.8. The van der Waals surface area contributed by atoms with Gasteiger partial charge in [-0.3, -0.25) is 0 Å². The van der Waals surface area contributed by atoms with E-state index in [1.165, 1.54) is 14.2 Å². The smallest absolute Gasteiger partial charge is 0.168 e. The van der Waals surface area contributed by atoms with Gasteiger partial charge in [-0.15, -0.1) is 0 Å². The fourth-order valence-corrected chi connectivity index (χ4v) is 4.98.